The fraction of sp³-hybridized carbons (Fsp3) is 0.421. The van der Waals surface area contributed by atoms with Gasteiger partial charge in [0.05, 0.1) is 21.3 Å². The third kappa shape index (κ3) is 4.54. The second-order valence-electron chi connectivity index (χ2n) is 6.48. The van der Waals surface area contributed by atoms with Gasteiger partial charge in [-0.2, -0.15) is 0 Å². The largest absolute Gasteiger partial charge is 0.493 e. The first kappa shape index (κ1) is 19.5. The average molecular weight is 389 g/mol. The molecule has 150 valence electrons. The van der Waals surface area contributed by atoms with Crippen LogP contribution >= 0.6 is 0 Å². The number of nitrogens with zero attached hydrogens (tertiary/aromatic N) is 2. The third-order valence-electron chi connectivity index (χ3n) is 4.41. The van der Waals surface area contributed by atoms with Crippen molar-refractivity contribution in [1.82, 2.24) is 10.1 Å². The van der Waals surface area contributed by atoms with E-state index in [2.05, 4.69) is 10.5 Å². The van der Waals surface area contributed by atoms with E-state index in [9.17, 15) is 9.59 Å². The van der Waals surface area contributed by atoms with Crippen LogP contribution in [0.25, 0.3) is 0 Å². The van der Waals surface area contributed by atoms with Gasteiger partial charge >= 0.3 is 0 Å². The van der Waals surface area contributed by atoms with Crippen LogP contribution in [-0.2, 0) is 4.79 Å². The van der Waals surface area contributed by atoms with E-state index in [4.69, 9.17) is 18.7 Å². The van der Waals surface area contributed by atoms with Crippen LogP contribution in [0.3, 0.4) is 0 Å². The van der Waals surface area contributed by atoms with Gasteiger partial charge in [-0.25, -0.2) is 0 Å². The van der Waals surface area contributed by atoms with Gasteiger partial charge in [-0.1, -0.05) is 5.16 Å². The van der Waals surface area contributed by atoms with Gasteiger partial charge in [0.25, 0.3) is 5.91 Å². The standard InChI is InChI=1S/C19H23N3O6/c1-25-14-8-13(9-15(26-2)18(14)27-3)19(24)22(10-12-4-5-12)11-17(23)20-16-6-7-28-21-16/h6-9,12H,4-5,10-11H2,1-3H3,(H,20,21,23). The molecule has 0 atom stereocenters. The second-order valence-corrected chi connectivity index (χ2v) is 6.48. The topological polar surface area (TPSA) is 103 Å². The monoisotopic (exact) mass is 389 g/mol. The number of benzene rings is 1. The smallest absolute Gasteiger partial charge is 0.254 e. The van der Waals surface area contributed by atoms with Crippen molar-refractivity contribution in [3.63, 3.8) is 0 Å². The lowest BCUT2D eigenvalue weighted by atomic mass is 10.1. The third-order valence-corrected chi connectivity index (χ3v) is 4.41. The zero-order valence-corrected chi connectivity index (χ0v) is 16.1. The van der Waals surface area contributed by atoms with Crippen molar-refractivity contribution < 1.29 is 28.3 Å². The highest BCUT2D eigenvalue weighted by molar-refractivity contribution is 5.99. The van der Waals surface area contributed by atoms with Gasteiger partial charge in [-0.05, 0) is 30.9 Å². The van der Waals surface area contributed by atoms with Crippen LogP contribution < -0.4 is 19.5 Å². The predicted octanol–water partition coefficient (Wildman–Crippen LogP) is 2.19. The Morgan fingerprint density at radius 3 is 2.36 bits per heavy atom. The molecule has 1 aromatic carbocycles. The first-order chi connectivity index (χ1) is 13.5. The van der Waals surface area contributed by atoms with Gasteiger partial charge < -0.3 is 29.0 Å². The molecule has 0 unspecified atom stereocenters. The van der Waals surface area contributed by atoms with Crippen molar-refractivity contribution >= 4 is 17.6 Å². The molecule has 9 heteroatoms. The number of ether oxygens (including phenoxy) is 3. The number of carbonyl (C=O) groups is 2. The van der Waals surface area contributed by atoms with Gasteiger partial charge in [0.1, 0.15) is 12.8 Å². The summed E-state index contributed by atoms with van der Waals surface area (Å²) in [5.41, 5.74) is 0.351. The SMILES string of the molecule is COc1cc(C(=O)N(CC(=O)Nc2ccon2)CC2CC2)cc(OC)c1OC. The molecule has 1 aromatic heterocycles. The summed E-state index contributed by atoms with van der Waals surface area (Å²) in [5.74, 6) is 1.23. The maximum atomic E-state index is 13.1. The Hall–Kier alpha value is -3.23. The van der Waals surface area contributed by atoms with Crippen molar-refractivity contribution in [3.05, 3.63) is 30.0 Å². The molecule has 1 aliphatic rings. The number of methoxy groups -OCH3 is 3. The Balaban J connectivity index is 1.81. The van der Waals surface area contributed by atoms with E-state index in [-0.39, 0.29) is 18.4 Å². The van der Waals surface area contributed by atoms with Crippen LogP contribution in [0.15, 0.2) is 29.0 Å². The van der Waals surface area contributed by atoms with Crippen molar-refractivity contribution in [3.8, 4) is 17.2 Å². The van der Waals surface area contributed by atoms with Crippen LogP contribution in [0.5, 0.6) is 17.2 Å². The zero-order chi connectivity index (χ0) is 20.1. The van der Waals surface area contributed by atoms with E-state index >= 15 is 0 Å². The molecule has 0 bridgehead atoms. The van der Waals surface area contributed by atoms with Crippen molar-refractivity contribution in [2.75, 3.05) is 39.7 Å². The predicted molar refractivity (Wildman–Crippen MR) is 99.9 cm³/mol. The van der Waals surface area contributed by atoms with Gasteiger partial charge in [0.2, 0.25) is 11.7 Å². The number of nitrogens with one attached hydrogen (secondary N) is 1. The summed E-state index contributed by atoms with van der Waals surface area (Å²) >= 11 is 0. The van der Waals surface area contributed by atoms with Crippen LogP contribution in [-0.4, -0.2) is 56.3 Å². The normalized spacial score (nSPS) is 13.0. The van der Waals surface area contributed by atoms with Gasteiger partial charge in [0, 0.05) is 18.2 Å². The highest BCUT2D eigenvalue weighted by atomic mass is 16.5. The first-order valence-corrected chi connectivity index (χ1v) is 8.85. The summed E-state index contributed by atoms with van der Waals surface area (Å²) in [7, 11) is 4.47. The van der Waals surface area contributed by atoms with Crippen molar-refractivity contribution in [2.24, 2.45) is 5.92 Å². The molecule has 1 N–H and O–H groups in total. The van der Waals surface area contributed by atoms with Gasteiger partial charge in [-0.15, -0.1) is 0 Å². The maximum absolute atomic E-state index is 13.1. The second kappa shape index (κ2) is 8.64. The number of amides is 2. The highest BCUT2D eigenvalue weighted by Crippen LogP contribution is 2.38. The minimum Gasteiger partial charge on any atom is -0.493 e. The molecule has 28 heavy (non-hydrogen) atoms. The van der Waals surface area contributed by atoms with Crippen LogP contribution in [0.4, 0.5) is 5.82 Å². The van der Waals surface area contributed by atoms with Crippen LogP contribution in [0, 0.1) is 5.92 Å². The average Bonchev–Trinajstić information content (AvgIpc) is 3.38. The lowest BCUT2D eigenvalue weighted by molar-refractivity contribution is -0.117. The number of hydrogen-bond acceptors (Lipinski definition) is 7. The molecule has 0 radical (unpaired) electrons. The minimum absolute atomic E-state index is 0.0984. The summed E-state index contributed by atoms with van der Waals surface area (Å²) < 4.78 is 20.6. The number of carbonyl (C=O) groups excluding carboxylic acids is 2. The Kier molecular flexibility index (Phi) is 6.03. The van der Waals surface area contributed by atoms with E-state index in [1.54, 1.807) is 12.1 Å². The van der Waals surface area contributed by atoms with Gasteiger partial charge in [-0.3, -0.25) is 9.59 Å². The number of rotatable bonds is 9. The fourth-order valence-corrected chi connectivity index (χ4v) is 2.85. The van der Waals surface area contributed by atoms with Crippen LogP contribution in [0.1, 0.15) is 23.2 Å². The lowest BCUT2D eigenvalue weighted by Crippen LogP contribution is -2.39. The zero-order valence-electron chi connectivity index (χ0n) is 16.1. The minimum atomic E-state index is -0.352. The molecule has 1 saturated carbocycles. The molecule has 0 spiro atoms. The number of hydrogen-bond donors (Lipinski definition) is 1. The Bertz CT molecular complexity index is 807. The lowest BCUT2D eigenvalue weighted by Gasteiger charge is -2.23. The molecule has 2 aromatic rings. The van der Waals surface area contributed by atoms with E-state index < -0.39 is 0 Å². The highest BCUT2D eigenvalue weighted by Gasteiger charge is 2.29. The number of aromatic nitrogens is 1. The molecule has 0 aliphatic heterocycles. The van der Waals surface area contributed by atoms with E-state index in [1.165, 1.54) is 38.6 Å². The van der Waals surface area contributed by atoms with Crippen molar-refractivity contribution in [1.29, 1.82) is 0 Å². The Morgan fingerprint density at radius 1 is 1.18 bits per heavy atom. The molecule has 2 amide bonds. The summed E-state index contributed by atoms with van der Waals surface area (Å²) in [4.78, 5) is 27.0. The van der Waals surface area contributed by atoms with E-state index in [0.29, 0.717) is 41.1 Å². The molecule has 1 heterocycles. The molecule has 3 rings (SSSR count). The van der Waals surface area contributed by atoms with Crippen LogP contribution in [0.2, 0.25) is 0 Å². The summed E-state index contributed by atoms with van der Waals surface area (Å²) in [5, 5.41) is 6.26. The Labute approximate surface area is 162 Å². The fourth-order valence-electron chi connectivity index (χ4n) is 2.85. The maximum Gasteiger partial charge on any atom is 0.254 e. The summed E-state index contributed by atoms with van der Waals surface area (Å²) in [6, 6.07) is 4.70. The molecule has 1 aliphatic carbocycles. The van der Waals surface area contributed by atoms with E-state index in [1.807, 2.05) is 0 Å². The summed E-state index contributed by atoms with van der Waals surface area (Å²) in [6.45, 7) is 0.403. The summed E-state index contributed by atoms with van der Waals surface area (Å²) in [6.07, 6.45) is 3.45. The van der Waals surface area contributed by atoms with Gasteiger partial charge in [0.15, 0.2) is 17.3 Å². The molecular weight excluding hydrogens is 366 g/mol. The quantitative estimate of drug-likeness (QED) is 0.701. The molecule has 0 saturated heterocycles. The first-order valence-electron chi connectivity index (χ1n) is 8.85. The molecule has 1 fully saturated rings. The molecule has 9 nitrogen and oxygen atoms in total. The Morgan fingerprint density at radius 2 is 1.86 bits per heavy atom. The molecular formula is C19H23N3O6. The number of anilines is 1. The van der Waals surface area contributed by atoms with E-state index in [0.717, 1.165) is 12.8 Å². The van der Waals surface area contributed by atoms with Crippen molar-refractivity contribution in [2.45, 2.75) is 12.8 Å².